The molecule has 10 nitrogen and oxygen atoms in total. The molecule has 166 valence electrons. The number of benzene rings is 2. The summed E-state index contributed by atoms with van der Waals surface area (Å²) in [5.41, 5.74) is 2.10. The van der Waals surface area contributed by atoms with E-state index in [1.807, 2.05) is 0 Å². The van der Waals surface area contributed by atoms with E-state index in [-0.39, 0.29) is 17.2 Å². The van der Waals surface area contributed by atoms with Gasteiger partial charge in [0.15, 0.2) is 11.8 Å². The number of hydrogen-bond acceptors (Lipinski definition) is 8. The third kappa shape index (κ3) is 4.92. The zero-order valence-corrected chi connectivity index (χ0v) is 18.5. The van der Waals surface area contributed by atoms with Crippen LogP contribution in [-0.4, -0.2) is 50.3 Å². The first kappa shape index (κ1) is 21.8. The Kier molecular flexibility index (Phi) is 5.89. The van der Waals surface area contributed by atoms with E-state index in [0.29, 0.717) is 28.0 Å². The maximum Gasteiger partial charge on any atom is 0.338 e. The number of ether oxygens (including phenoxy) is 1. The normalized spacial score (nSPS) is 15.8. The van der Waals surface area contributed by atoms with Crippen molar-refractivity contribution in [2.45, 2.75) is 11.8 Å². The SMILES string of the molecule is CC(=O)Nc1ccc(NC(=O)COC(=O)c2ccc3c(c2)SC2=NS(=O)(=O)CCN23)cc1. The minimum atomic E-state index is -3.46. The van der Waals surface area contributed by atoms with Crippen LogP contribution < -0.4 is 15.5 Å². The fourth-order valence-electron chi connectivity index (χ4n) is 3.11. The molecular formula is C20H18N4O6S2. The molecule has 0 spiro atoms. The van der Waals surface area contributed by atoms with Gasteiger partial charge in [-0.05, 0) is 54.2 Å². The summed E-state index contributed by atoms with van der Waals surface area (Å²) in [6.45, 7) is 1.22. The van der Waals surface area contributed by atoms with Gasteiger partial charge < -0.3 is 20.3 Å². The van der Waals surface area contributed by atoms with Crippen molar-refractivity contribution in [1.29, 1.82) is 0 Å². The number of carbonyl (C=O) groups is 3. The highest BCUT2D eigenvalue weighted by atomic mass is 32.2. The first-order valence-electron chi connectivity index (χ1n) is 9.47. The van der Waals surface area contributed by atoms with Crippen molar-refractivity contribution in [3.63, 3.8) is 0 Å². The summed E-state index contributed by atoms with van der Waals surface area (Å²) in [6.07, 6.45) is 0. The number of rotatable bonds is 5. The van der Waals surface area contributed by atoms with Crippen LogP contribution in [0, 0.1) is 0 Å². The third-order valence-corrected chi connectivity index (χ3v) is 6.84. The number of amides is 2. The van der Waals surface area contributed by atoms with E-state index in [0.717, 1.165) is 5.69 Å². The number of fused-ring (bicyclic) bond motifs is 3. The molecule has 2 aliphatic rings. The second-order valence-corrected chi connectivity index (χ2v) is 9.74. The maximum absolute atomic E-state index is 12.4. The van der Waals surface area contributed by atoms with Crippen LogP contribution in [0.2, 0.25) is 0 Å². The molecule has 0 saturated carbocycles. The van der Waals surface area contributed by atoms with Gasteiger partial charge in [0, 0.05) is 29.7 Å². The fourth-order valence-corrected chi connectivity index (χ4v) is 5.41. The van der Waals surface area contributed by atoms with Crippen molar-refractivity contribution in [1.82, 2.24) is 0 Å². The second kappa shape index (κ2) is 8.63. The Hall–Kier alpha value is -3.38. The summed E-state index contributed by atoms with van der Waals surface area (Å²) in [6, 6.07) is 11.3. The first-order valence-corrected chi connectivity index (χ1v) is 11.9. The summed E-state index contributed by atoms with van der Waals surface area (Å²) in [7, 11) is -3.46. The zero-order chi connectivity index (χ0) is 22.9. The van der Waals surface area contributed by atoms with Crippen molar-refractivity contribution >= 4 is 61.8 Å². The molecule has 2 N–H and O–H groups in total. The maximum atomic E-state index is 12.4. The van der Waals surface area contributed by atoms with Crippen LogP contribution >= 0.6 is 11.8 Å². The van der Waals surface area contributed by atoms with E-state index in [9.17, 15) is 22.8 Å². The molecule has 4 rings (SSSR count). The van der Waals surface area contributed by atoms with Crippen molar-refractivity contribution in [3.05, 3.63) is 48.0 Å². The van der Waals surface area contributed by atoms with Gasteiger partial charge in [-0.2, -0.15) is 0 Å². The molecule has 0 aliphatic carbocycles. The lowest BCUT2D eigenvalue weighted by molar-refractivity contribution is -0.119. The summed E-state index contributed by atoms with van der Waals surface area (Å²) in [4.78, 5) is 38.0. The van der Waals surface area contributed by atoms with E-state index in [4.69, 9.17) is 4.74 Å². The van der Waals surface area contributed by atoms with E-state index in [1.165, 1.54) is 18.7 Å². The minimum Gasteiger partial charge on any atom is -0.452 e. The highest BCUT2D eigenvalue weighted by molar-refractivity contribution is 8.15. The van der Waals surface area contributed by atoms with Gasteiger partial charge in [-0.1, -0.05) is 0 Å². The topological polar surface area (TPSA) is 134 Å². The lowest BCUT2D eigenvalue weighted by Gasteiger charge is -2.22. The number of anilines is 3. The number of nitrogens with one attached hydrogen (secondary N) is 2. The Bertz CT molecular complexity index is 1240. The Morgan fingerprint density at radius 2 is 1.78 bits per heavy atom. The lowest BCUT2D eigenvalue weighted by Crippen LogP contribution is -2.35. The summed E-state index contributed by atoms with van der Waals surface area (Å²) in [5.74, 6) is -1.46. The Labute approximate surface area is 188 Å². The minimum absolute atomic E-state index is 0.0641. The van der Waals surface area contributed by atoms with Crippen LogP contribution in [0.4, 0.5) is 17.1 Å². The molecule has 2 heterocycles. The van der Waals surface area contributed by atoms with E-state index >= 15 is 0 Å². The average Bonchev–Trinajstić information content (AvgIpc) is 3.08. The van der Waals surface area contributed by atoms with Gasteiger partial charge in [-0.25, -0.2) is 13.2 Å². The molecule has 0 fully saturated rings. The predicted molar refractivity (Wildman–Crippen MR) is 121 cm³/mol. The molecule has 2 aromatic carbocycles. The molecule has 2 amide bonds. The summed E-state index contributed by atoms with van der Waals surface area (Å²) >= 11 is 1.17. The third-order valence-electron chi connectivity index (χ3n) is 4.53. The van der Waals surface area contributed by atoms with Crippen molar-refractivity contribution in [2.24, 2.45) is 4.40 Å². The molecule has 0 unspecified atom stereocenters. The van der Waals surface area contributed by atoms with E-state index in [2.05, 4.69) is 15.0 Å². The van der Waals surface area contributed by atoms with Crippen molar-refractivity contribution < 1.29 is 27.5 Å². The first-order chi connectivity index (χ1) is 15.2. The molecule has 0 saturated heterocycles. The van der Waals surface area contributed by atoms with Crippen LogP contribution in [0.5, 0.6) is 0 Å². The van der Waals surface area contributed by atoms with Gasteiger partial charge in [0.05, 0.1) is 17.0 Å². The Morgan fingerprint density at radius 3 is 2.47 bits per heavy atom. The van der Waals surface area contributed by atoms with E-state index < -0.39 is 28.5 Å². The fraction of sp³-hybridized carbons (Fsp3) is 0.200. The molecule has 0 radical (unpaired) electrons. The molecule has 12 heteroatoms. The van der Waals surface area contributed by atoms with Crippen LogP contribution in [0.25, 0.3) is 0 Å². The summed E-state index contributed by atoms with van der Waals surface area (Å²) < 4.78 is 32.3. The Balaban J connectivity index is 1.34. The molecule has 0 atom stereocenters. The number of esters is 1. The standard InChI is InChI=1S/C20H18N4O6S2/c1-12(25)21-14-3-5-15(6-4-14)22-18(26)11-30-19(27)13-2-7-16-17(10-13)31-20-23-32(28,29)9-8-24(16)20/h2-7,10H,8-9,11H2,1H3,(H,21,25)(H,22,26). The van der Waals surface area contributed by atoms with Crippen LogP contribution in [-0.2, 0) is 24.3 Å². The van der Waals surface area contributed by atoms with Crippen LogP contribution in [0.15, 0.2) is 51.8 Å². The highest BCUT2D eigenvalue weighted by Crippen LogP contribution is 2.42. The van der Waals surface area contributed by atoms with Gasteiger partial charge in [0.1, 0.15) is 0 Å². The number of amidine groups is 1. The number of sulfonamides is 1. The number of hydrogen-bond donors (Lipinski definition) is 2. The van der Waals surface area contributed by atoms with Gasteiger partial charge in [-0.3, -0.25) is 9.59 Å². The number of carbonyl (C=O) groups excluding carboxylic acids is 3. The average molecular weight is 475 g/mol. The zero-order valence-electron chi connectivity index (χ0n) is 16.8. The quantitative estimate of drug-likeness (QED) is 0.629. The molecular weight excluding hydrogens is 456 g/mol. The largest absolute Gasteiger partial charge is 0.452 e. The van der Waals surface area contributed by atoms with Crippen molar-refractivity contribution in [2.75, 3.05) is 34.4 Å². The molecule has 2 aromatic rings. The van der Waals surface area contributed by atoms with Gasteiger partial charge in [0.2, 0.25) is 5.91 Å². The molecule has 0 bridgehead atoms. The van der Waals surface area contributed by atoms with Gasteiger partial charge in [0.25, 0.3) is 15.9 Å². The van der Waals surface area contributed by atoms with Gasteiger partial charge in [-0.15, -0.1) is 4.40 Å². The summed E-state index contributed by atoms with van der Waals surface area (Å²) in [5, 5.41) is 5.58. The molecule has 0 aromatic heterocycles. The molecule has 32 heavy (non-hydrogen) atoms. The second-order valence-electron chi connectivity index (χ2n) is 6.98. The van der Waals surface area contributed by atoms with Crippen LogP contribution in [0.3, 0.4) is 0 Å². The lowest BCUT2D eigenvalue weighted by atomic mass is 10.2. The number of thioether (sulfide) groups is 1. The Morgan fingerprint density at radius 1 is 1.09 bits per heavy atom. The predicted octanol–water partition coefficient (Wildman–Crippen LogP) is 2.05. The number of nitrogens with zero attached hydrogens (tertiary/aromatic N) is 2. The smallest absolute Gasteiger partial charge is 0.338 e. The highest BCUT2D eigenvalue weighted by Gasteiger charge is 2.33. The van der Waals surface area contributed by atoms with Gasteiger partial charge >= 0.3 is 5.97 Å². The van der Waals surface area contributed by atoms with E-state index in [1.54, 1.807) is 47.4 Å². The monoisotopic (exact) mass is 474 g/mol. The van der Waals surface area contributed by atoms with Crippen LogP contribution in [0.1, 0.15) is 17.3 Å². The van der Waals surface area contributed by atoms with Crippen molar-refractivity contribution in [3.8, 4) is 0 Å². The molecule has 2 aliphatic heterocycles.